The van der Waals surface area contributed by atoms with Gasteiger partial charge in [0, 0.05) is 0 Å². The van der Waals surface area contributed by atoms with Gasteiger partial charge in [-0.2, -0.15) is 0 Å². The summed E-state index contributed by atoms with van der Waals surface area (Å²) in [4.78, 5) is 0. The molecule has 0 spiro atoms. The van der Waals surface area contributed by atoms with Crippen LogP contribution in [0.15, 0.2) is 0 Å². The van der Waals surface area contributed by atoms with Crippen LogP contribution in [-0.4, -0.2) is 13.2 Å². The second kappa shape index (κ2) is 2.98. The average Bonchev–Trinajstić information content (AvgIpc) is 1.88. The van der Waals surface area contributed by atoms with Crippen molar-refractivity contribution in [2.24, 2.45) is 5.92 Å². The summed E-state index contributed by atoms with van der Waals surface area (Å²) in [7, 11) is 0. The zero-order valence-electron chi connectivity index (χ0n) is 5.19. The number of thiol groups is 1. The molecule has 10 heavy (non-hydrogen) atoms. The molecular weight excluding hydrogens is 171 g/mol. The van der Waals surface area contributed by atoms with Crippen LogP contribution in [0.2, 0.25) is 0 Å². The minimum Gasteiger partial charge on any atom is -0.300 e. The zero-order valence-corrected chi connectivity index (χ0v) is 6.98. The lowest BCUT2D eigenvalue weighted by molar-refractivity contribution is 0.130. The molecule has 0 unspecified atom stereocenters. The van der Waals surface area contributed by atoms with Gasteiger partial charge in [-0.15, -0.1) is 6.42 Å². The van der Waals surface area contributed by atoms with Gasteiger partial charge in [0.05, 0.1) is 19.1 Å². The first-order valence-corrected chi connectivity index (χ1v) is 5.41. The summed E-state index contributed by atoms with van der Waals surface area (Å²) in [5, 5.41) is 0. The Hall–Kier alpha value is 0.0600. The maximum Gasteiger partial charge on any atom is 0.386 e. The summed E-state index contributed by atoms with van der Waals surface area (Å²) < 4.78 is 20.3. The Morgan fingerprint density at radius 2 is 2.10 bits per heavy atom. The molecular formula is C5H7O3PS. The van der Waals surface area contributed by atoms with Crippen molar-refractivity contribution >= 4 is 19.0 Å². The summed E-state index contributed by atoms with van der Waals surface area (Å²) in [6.45, 7) is -2.49. The molecule has 0 aliphatic carbocycles. The fraction of sp³-hybridized carbons (Fsp3) is 0.600. The Balaban J connectivity index is 2.48. The molecule has 1 aliphatic rings. The number of hydrogen-bond donors (Lipinski definition) is 1. The number of hydrogen-bond acceptors (Lipinski definition) is 3. The summed E-state index contributed by atoms with van der Waals surface area (Å²) in [5.74, 6) is 2.35. The molecule has 1 fully saturated rings. The summed E-state index contributed by atoms with van der Waals surface area (Å²) in [5.41, 5.74) is 0. The van der Waals surface area contributed by atoms with E-state index in [1.165, 1.54) is 0 Å². The van der Waals surface area contributed by atoms with E-state index < -0.39 is 6.80 Å². The first kappa shape index (κ1) is 8.16. The third kappa shape index (κ3) is 2.03. The standard InChI is InChI=1S/C5H7O3PS/c1-2-5-3-7-9(6,10)8-4-5/h1,5H,3-4H2,(H,6,10). The zero-order chi connectivity index (χ0) is 7.61. The average molecular weight is 178 g/mol. The third-order valence-corrected chi connectivity index (χ3v) is 2.76. The molecule has 0 bridgehead atoms. The Morgan fingerprint density at radius 1 is 1.60 bits per heavy atom. The second-order valence-electron chi connectivity index (χ2n) is 1.92. The highest BCUT2D eigenvalue weighted by atomic mass is 32.7. The van der Waals surface area contributed by atoms with Crippen LogP contribution in [-0.2, 0) is 13.6 Å². The summed E-state index contributed by atoms with van der Waals surface area (Å²) in [6, 6.07) is 0. The quantitative estimate of drug-likeness (QED) is 0.345. The highest BCUT2D eigenvalue weighted by molar-refractivity contribution is 8.44. The van der Waals surface area contributed by atoms with Gasteiger partial charge in [-0.1, -0.05) is 18.2 Å². The molecule has 5 heteroatoms. The summed E-state index contributed by atoms with van der Waals surface area (Å²) in [6.07, 6.45) is 5.07. The Labute approximate surface area is 64.8 Å². The first-order chi connectivity index (χ1) is 4.64. The molecule has 1 rings (SSSR count). The van der Waals surface area contributed by atoms with Crippen LogP contribution in [0.25, 0.3) is 0 Å². The van der Waals surface area contributed by atoms with Gasteiger partial charge in [0.1, 0.15) is 0 Å². The molecule has 0 atom stereocenters. The van der Waals surface area contributed by atoms with Gasteiger partial charge in [-0.25, -0.2) is 4.57 Å². The van der Waals surface area contributed by atoms with E-state index in [0.29, 0.717) is 0 Å². The van der Waals surface area contributed by atoms with Gasteiger partial charge >= 0.3 is 6.80 Å². The third-order valence-electron chi connectivity index (χ3n) is 1.11. The molecule has 0 aromatic rings. The SMILES string of the molecule is C#CC1COP(=O)(S)OC1. The van der Waals surface area contributed by atoms with E-state index in [0.717, 1.165) is 0 Å². The number of rotatable bonds is 0. The molecule has 0 saturated carbocycles. The van der Waals surface area contributed by atoms with E-state index in [-0.39, 0.29) is 19.1 Å². The van der Waals surface area contributed by atoms with Crippen molar-refractivity contribution in [2.45, 2.75) is 0 Å². The van der Waals surface area contributed by atoms with Crippen LogP contribution in [0.4, 0.5) is 0 Å². The van der Waals surface area contributed by atoms with Crippen LogP contribution >= 0.6 is 19.0 Å². The Morgan fingerprint density at radius 3 is 2.50 bits per heavy atom. The lowest BCUT2D eigenvalue weighted by atomic mass is 10.2. The van der Waals surface area contributed by atoms with Gasteiger partial charge in [0.25, 0.3) is 0 Å². The van der Waals surface area contributed by atoms with E-state index in [9.17, 15) is 4.57 Å². The van der Waals surface area contributed by atoms with Gasteiger partial charge in [-0.05, 0) is 0 Å². The molecule has 3 nitrogen and oxygen atoms in total. The molecule has 0 aromatic heterocycles. The first-order valence-electron chi connectivity index (χ1n) is 2.72. The van der Waals surface area contributed by atoms with Crippen molar-refractivity contribution in [3.8, 4) is 12.3 Å². The van der Waals surface area contributed by atoms with Crippen molar-refractivity contribution < 1.29 is 13.6 Å². The molecule has 56 valence electrons. The topological polar surface area (TPSA) is 35.5 Å². The fourth-order valence-corrected chi connectivity index (χ4v) is 1.76. The van der Waals surface area contributed by atoms with Crippen LogP contribution in [0.3, 0.4) is 0 Å². The summed E-state index contributed by atoms with van der Waals surface area (Å²) >= 11 is 3.64. The maximum absolute atomic E-state index is 10.8. The van der Waals surface area contributed by atoms with Crippen molar-refractivity contribution in [1.82, 2.24) is 0 Å². The Bertz CT molecular complexity index is 197. The lowest BCUT2D eigenvalue weighted by Gasteiger charge is -2.22. The van der Waals surface area contributed by atoms with Gasteiger partial charge in [-0.3, -0.25) is 9.05 Å². The van der Waals surface area contributed by atoms with E-state index in [2.05, 4.69) is 18.2 Å². The molecule has 1 saturated heterocycles. The monoisotopic (exact) mass is 178 g/mol. The molecule has 0 N–H and O–H groups in total. The smallest absolute Gasteiger partial charge is 0.300 e. The Kier molecular flexibility index (Phi) is 2.43. The lowest BCUT2D eigenvalue weighted by Crippen LogP contribution is -2.17. The van der Waals surface area contributed by atoms with Crippen LogP contribution in [0, 0.1) is 18.3 Å². The van der Waals surface area contributed by atoms with Crippen molar-refractivity contribution in [2.75, 3.05) is 13.2 Å². The normalized spacial score (nSPS) is 40.6. The van der Waals surface area contributed by atoms with E-state index in [4.69, 9.17) is 15.5 Å². The highest BCUT2D eigenvalue weighted by Crippen LogP contribution is 2.55. The van der Waals surface area contributed by atoms with E-state index in [1.54, 1.807) is 0 Å². The van der Waals surface area contributed by atoms with Crippen molar-refractivity contribution in [3.05, 3.63) is 0 Å². The molecule has 0 aromatic carbocycles. The molecule has 0 radical (unpaired) electrons. The van der Waals surface area contributed by atoms with Crippen LogP contribution < -0.4 is 0 Å². The molecule has 0 amide bonds. The number of terminal acetylenes is 1. The predicted octanol–water partition coefficient (Wildman–Crippen LogP) is 1.32. The van der Waals surface area contributed by atoms with E-state index in [1.807, 2.05) is 0 Å². The van der Waals surface area contributed by atoms with E-state index >= 15 is 0 Å². The van der Waals surface area contributed by atoms with Crippen molar-refractivity contribution in [3.63, 3.8) is 0 Å². The van der Waals surface area contributed by atoms with Crippen LogP contribution in [0.5, 0.6) is 0 Å². The van der Waals surface area contributed by atoms with Crippen molar-refractivity contribution in [1.29, 1.82) is 0 Å². The van der Waals surface area contributed by atoms with Gasteiger partial charge in [0.15, 0.2) is 0 Å². The molecule has 1 aliphatic heterocycles. The van der Waals surface area contributed by atoms with Gasteiger partial charge in [0.2, 0.25) is 0 Å². The minimum absolute atomic E-state index is 0.0887. The second-order valence-corrected chi connectivity index (χ2v) is 4.85. The fourth-order valence-electron chi connectivity index (χ4n) is 0.550. The maximum atomic E-state index is 10.8. The minimum atomic E-state index is -3.04. The van der Waals surface area contributed by atoms with Gasteiger partial charge < -0.3 is 0 Å². The molecule has 1 heterocycles. The predicted molar refractivity (Wildman–Crippen MR) is 40.8 cm³/mol. The van der Waals surface area contributed by atoms with Crippen LogP contribution in [0.1, 0.15) is 0 Å². The largest absolute Gasteiger partial charge is 0.386 e. The highest BCUT2D eigenvalue weighted by Gasteiger charge is 2.27.